The second kappa shape index (κ2) is 9.51. The molecule has 0 bridgehead atoms. The fourth-order valence-corrected chi connectivity index (χ4v) is 4.08. The number of anilines is 1. The maximum atomic E-state index is 12.8. The number of carbonyl (C=O) groups excluding carboxylic acids is 1. The fourth-order valence-electron chi connectivity index (χ4n) is 4.08. The van der Waals surface area contributed by atoms with Crippen molar-refractivity contribution in [2.24, 2.45) is 0 Å². The van der Waals surface area contributed by atoms with E-state index in [0.29, 0.717) is 5.56 Å². The minimum Gasteiger partial charge on any atom is -0.394 e. The molecule has 1 aliphatic rings. The Kier molecular flexibility index (Phi) is 6.67. The average Bonchev–Trinajstić information content (AvgIpc) is 3.11. The number of fused-ring (bicyclic) bond motifs is 1. The number of nitrogens with zero attached hydrogens (tertiary/aromatic N) is 2. The van der Waals surface area contributed by atoms with Gasteiger partial charge in [-0.15, -0.1) is 0 Å². The van der Waals surface area contributed by atoms with Crippen LogP contribution in [-0.2, 0) is 11.2 Å². The van der Waals surface area contributed by atoms with Crippen molar-refractivity contribution in [1.29, 1.82) is 0 Å². The summed E-state index contributed by atoms with van der Waals surface area (Å²) in [6.07, 6.45) is -3.90. The van der Waals surface area contributed by atoms with Gasteiger partial charge in [0.25, 0.3) is 5.56 Å². The van der Waals surface area contributed by atoms with Gasteiger partial charge in [0.05, 0.1) is 6.61 Å². The van der Waals surface area contributed by atoms with Crippen molar-refractivity contribution in [2.45, 2.75) is 37.4 Å². The number of rotatable bonds is 7. The number of Topliss-reactive ketones (excluding diaryl/α,β-unsaturated/α-hetero) is 1. The minimum absolute atomic E-state index is 0.0263. The summed E-state index contributed by atoms with van der Waals surface area (Å²) in [6, 6.07) is 11.4. The highest BCUT2D eigenvalue weighted by Gasteiger charge is 2.43. The topological polar surface area (TPSA) is 145 Å². The van der Waals surface area contributed by atoms with Crippen LogP contribution >= 0.6 is 0 Å². The molecule has 10 nitrogen and oxygen atoms in total. The Morgan fingerprint density at radius 3 is 2.47 bits per heavy atom. The number of aromatic amines is 1. The van der Waals surface area contributed by atoms with E-state index in [1.165, 1.54) is 6.20 Å². The first-order valence-electron chi connectivity index (χ1n) is 10.9. The molecule has 0 unspecified atom stereocenters. The highest BCUT2D eigenvalue weighted by molar-refractivity contribution is 6.00. The monoisotopic (exact) mass is 469 g/mol. The summed E-state index contributed by atoms with van der Waals surface area (Å²) in [4.78, 5) is 41.6. The molecule has 1 aliphatic heterocycles. The van der Waals surface area contributed by atoms with Gasteiger partial charge < -0.3 is 25.0 Å². The molecule has 0 radical (unpaired) electrons. The van der Waals surface area contributed by atoms with Crippen LogP contribution in [0.15, 0.2) is 52.2 Å². The molecule has 4 atom stereocenters. The molecule has 1 aromatic heterocycles. The lowest BCUT2D eigenvalue weighted by Gasteiger charge is -2.18. The molecule has 1 fully saturated rings. The molecule has 1 saturated heterocycles. The Labute approximate surface area is 194 Å². The second-order valence-electron chi connectivity index (χ2n) is 8.61. The van der Waals surface area contributed by atoms with Crippen LogP contribution in [0.4, 0.5) is 5.69 Å². The summed E-state index contributed by atoms with van der Waals surface area (Å²) in [5.74, 6) is -0.163. The Balaban J connectivity index is 1.53. The van der Waals surface area contributed by atoms with Gasteiger partial charge in [0.1, 0.15) is 18.3 Å². The van der Waals surface area contributed by atoms with E-state index in [0.717, 1.165) is 21.0 Å². The summed E-state index contributed by atoms with van der Waals surface area (Å²) in [7, 11) is 3.91. The minimum atomic E-state index is -1.47. The number of ether oxygens (including phenoxy) is 1. The van der Waals surface area contributed by atoms with Crippen molar-refractivity contribution < 1.29 is 24.9 Å². The molecule has 10 heteroatoms. The molecular formula is C24H27N3O7. The number of ketones is 1. The predicted octanol–water partition coefficient (Wildman–Crippen LogP) is 0.183. The van der Waals surface area contributed by atoms with E-state index in [1.54, 1.807) is 12.1 Å². The van der Waals surface area contributed by atoms with Crippen molar-refractivity contribution in [3.8, 4) is 0 Å². The van der Waals surface area contributed by atoms with Crippen LogP contribution in [0.25, 0.3) is 10.8 Å². The number of H-pyrrole nitrogens is 1. The Bertz CT molecular complexity index is 1330. The van der Waals surface area contributed by atoms with E-state index >= 15 is 0 Å². The standard InChI is InChI=1S/C24H27N3O7/c1-26(2)17-7-5-13-9-15(4-3-14(13)10-17)18(29)8-6-16-11-27(24(33)25-22(16)32)23-21(31)20(30)19(12-28)34-23/h3-5,7,9-11,19-21,23,28,30-31H,6,8,12H2,1-2H3,(H,25,32,33)/t19-,20-,21-,23-/m1/s1. The number of aromatic nitrogens is 2. The van der Waals surface area contributed by atoms with Crippen LogP contribution in [0.3, 0.4) is 0 Å². The normalized spacial score (nSPS) is 22.3. The van der Waals surface area contributed by atoms with Crippen molar-refractivity contribution in [2.75, 3.05) is 25.6 Å². The lowest BCUT2D eigenvalue weighted by atomic mass is 10.0. The lowest BCUT2D eigenvalue weighted by molar-refractivity contribution is -0.0551. The van der Waals surface area contributed by atoms with E-state index in [-0.39, 0.29) is 24.2 Å². The number of nitrogens with one attached hydrogen (secondary N) is 1. The smallest absolute Gasteiger partial charge is 0.330 e. The highest BCUT2D eigenvalue weighted by Crippen LogP contribution is 2.28. The highest BCUT2D eigenvalue weighted by atomic mass is 16.6. The van der Waals surface area contributed by atoms with Gasteiger partial charge in [-0.3, -0.25) is 19.1 Å². The van der Waals surface area contributed by atoms with Crippen molar-refractivity contribution >= 4 is 22.2 Å². The van der Waals surface area contributed by atoms with E-state index < -0.39 is 42.4 Å². The maximum absolute atomic E-state index is 12.8. The molecule has 4 N–H and O–H groups in total. The summed E-state index contributed by atoms with van der Waals surface area (Å²) in [6.45, 7) is -0.545. The Hall–Kier alpha value is -3.31. The molecule has 34 heavy (non-hydrogen) atoms. The zero-order chi connectivity index (χ0) is 24.6. The first-order valence-corrected chi connectivity index (χ1v) is 10.9. The number of hydrogen-bond acceptors (Lipinski definition) is 8. The van der Waals surface area contributed by atoms with Gasteiger partial charge in [-0.25, -0.2) is 4.79 Å². The maximum Gasteiger partial charge on any atom is 0.330 e. The molecule has 180 valence electrons. The van der Waals surface area contributed by atoms with Crippen molar-refractivity contribution in [3.63, 3.8) is 0 Å². The van der Waals surface area contributed by atoms with Crippen LogP contribution in [-0.4, -0.2) is 69.7 Å². The molecule has 0 spiro atoms. The van der Waals surface area contributed by atoms with Crippen LogP contribution in [0, 0.1) is 0 Å². The third-order valence-corrected chi connectivity index (χ3v) is 6.12. The lowest BCUT2D eigenvalue weighted by Crippen LogP contribution is -2.39. The third kappa shape index (κ3) is 4.53. The van der Waals surface area contributed by atoms with Crippen LogP contribution < -0.4 is 16.1 Å². The third-order valence-electron chi connectivity index (χ3n) is 6.12. The zero-order valence-corrected chi connectivity index (χ0v) is 18.8. The van der Waals surface area contributed by atoms with Gasteiger partial charge in [-0.05, 0) is 35.4 Å². The van der Waals surface area contributed by atoms with Gasteiger partial charge in [-0.1, -0.05) is 18.2 Å². The molecule has 0 aliphatic carbocycles. The van der Waals surface area contributed by atoms with Crippen molar-refractivity contribution in [1.82, 2.24) is 9.55 Å². The van der Waals surface area contributed by atoms with Gasteiger partial charge in [-0.2, -0.15) is 0 Å². The summed E-state index contributed by atoms with van der Waals surface area (Å²) in [5, 5.41) is 31.3. The molecule has 2 aromatic carbocycles. The number of hydrogen-bond donors (Lipinski definition) is 4. The first-order chi connectivity index (χ1) is 16.2. The van der Waals surface area contributed by atoms with Crippen LogP contribution in [0.1, 0.15) is 28.6 Å². The number of carbonyl (C=O) groups is 1. The molecule has 3 aromatic rings. The van der Waals surface area contributed by atoms with Crippen molar-refractivity contribution in [3.05, 3.63) is 74.6 Å². The van der Waals surface area contributed by atoms with E-state index in [4.69, 9.17) is 4.74 Å². The van der Waals surface area contributed by atoms with E-state index in [9.17, 15) is 29.7 Å². The molecule has 0 saturated carbocycles. The molecule has 0 amide bonds. The molecular weight excluding hydrogens is 442 g/mol. The fraction of sp³-hybridized carbons (Fsp3) is 0.375. The largest absolute Gasteiger partial charge is 0.394 e. The quantitative estimate of drug-likeness (QED) is 0.359. The van der Waals surface area contributed by atoms with Gasteiger partial charge in [0.2, 0.25) is 0 Å². The summed E-state index contributed by atoms with van der Waals surface area (Å²) >= 11 is 0. The predicted molar refractivity (Wildman–Crippen MR) is 125 cm³/mol. The number of aryl methyl sites for hydroxylation is 1. The number of aliphatic hydroxyl groups is 3. The SMILES string of the molecule is CN(C)c1ccc2cc(C(=O)CCc3cn([C@@H]4O[C@H](CO)[C@@H](O)[C@H]4O)c(=O)[nH]c3=O)ccc2c1. The average molecular weight is 469 g/mol. The summed E-state index contributed by atoms with van der Waals surface area (Å²) in [5.41, 5.74) is 0.243. The van der Waals surface area contributed by atoms with Gasteiger partial charge >= 0.3 is 5.69 Å². The molecule has 2 heterocycles. The van der Waals surface area contributed by atoms with E-state index in [1.807, 2.05) is 43.3 Å². The first kappa shape index (κ1) is 23.8. The Morgan fingerprint density at radius 1 is 1.09 bits per heavy atom. The van der Waals surface area contributed by atoms with Gasteiger partial charge in [0, 0.05) is 43.5 Å². The van der Waals surface area contributed by atoms with Gasteiger partial charge in [0.15, 0.2) is 12.0 Å². The van der Waals surface area contributed by atoms with E-state index in [2.05, 4.69) is 4.98 Å². The second-order valence-corrected chi connectivity index (χ2v) is 8.61. The Morgan fingerprint density at radius 2 is 1.79 bits per heavy atom. The number of aliphatic hydroxyl groups excluding tert-OH is 3. The number of benzene rings is 2. The summed E-state index contributed by atoms with van der Waals surface area (Å²) < 4.78 is 6.34. The van der Waals surface area contributed by atoms with Crippen LogP contribution in [0.2, 0.25) is 0 Å². The molecule has 4 rings (SSSR count). The van der Waals surface area contributed by atoms with Crippen LogP contribution in [0.5, 0.6) is 0 Å². The zero-order valence-electron chi connectivity index (χ0n) is 18.8.